The Morgan fingerprint density at radius 3 is 1.70 bits per heavy atom. The van der Waals surface area contributed by atoms with Crippen LogP contribution in [0.4, 0.5) is 17.1 Å². The topological polar surface area (TPSA) is 3.24 Å². The van der Waals surface area contributed by atoms with Crippen molar-refractivity contribution in [1.29, 1.82) is 0 Å². The summed E-state index contributed by atoms with van der Waals surface area (Å²) in [6.07, 6.45) is 7.33. The molecule has 8 aromatic carbocycles. The minimum atomic E-state index is -0.211. The van der Waals surface area contributed by atoms with Crippen LogP contribution < -0.4 is 4.90 Å². The molecule has 2 spiro atoms. The van der Waals surface area contributed by atoms with Crippen LogP contribution in [0, 0.1) is 29.1 Å². The molecule has 0 amide bonds. The number of nitrogens with zero attached hydrogens (tertiary/aromatic N) is 1. The second-order valence-electron chi connectivity index (χ2n) is 20.5. The van der Waals surface area contributed by atoms with Crippen LogP contribution in [0.15, 0.2) is 188 Å². The molecule has 304 valence electrons. The van der Waals surface area contributed by atoms with E-state index in [0.717, 1.165) is 35.0 Å². The Morgan fingerprint density at radius 1 is 0.429 bits per heavy atom. The molecule has 6 aliphatic carbocycles. The first-order valence-electron chi connectivity index (χ1n) is 23.6. The van der Waals surface area contributed by atoms with Crippen LogP contribution in [0.1, 0.15) is 68.2 Å². The van der Waals surface area contributed by atoms with Crippen molar-refractivity contribution < 1.29 is 0 Å². The van der Waals surface area contributed by atoms with Crippen molar-refractivity contribution in [3.63, 3.8) is 0 Å². The van der Waals surface area contributed by atoms with Crippen LogP contribution in [-0.2, 0) is 10.8 Å². The van der Waals surface area contributed by atoms with E-state index in [9.17, 15) is 0 Å². The van der Waals surface area contributed by atoms with Crippen molar-refractivity contribution in [2.75, 3.05) is 4.90 Å². The lowest BCUT2D eigenvalue weighted by Crippen LogP contribution is -2.50. The van der Waals surface area contributed by atoms with Crippen molar-refractivity contribution in [2.45, 2.75) is 56.8 Å². The summed E-state index contributed by atoms with van der Waals surface area (Å²) in [4.78, 5) is 2.49. The molecule has 1 nitrogen and oxygen atoms in total. The first kappa shape index (κ1) is 36.1. The minimum absolute atomic E-state index is 0.196. The Hall–Kier alpha value is -6.44. The summed E-state index contributed by atoms with van der Waals surface area (Å²) >= 11 is 0. The van der Waals surface area contributed by atoms with Crippen LogP contribution in [0.25, 0.3) is 55.6 Å². The molecule has 0 aliphatic heterocycles. The molecule has 0 saturated heterocycles. The molecule has 6 aliphatic rings. The Labute approximate surface area is 372 Å². The number of fused-ring (bicyclic) bond motifs is 12. The number of hydrogen-bond acceptors (Lipinski definition) is 1. The molecular formula is C62H51N. The predicted molar refractivity (Wildman–Crippen MR) is 261 cm³/mol. The summed E-state index contributed by atoms with van der Waals surface area (Å²) in [6.45, 7) is 4.91. The van der Waals surface area contributed by atoms with Gasteiger partial charge in [0.05, 0.1) is 5.69 Å². The minimum Gasteiger partial charge on any atom is -0.310 e. The van der Waals surface area contributed by atoms with E-state index < -0.39 is 0 Å². The van der Waals surface area contributed by atoms with E-state index in [-0.39, 0.29) is 10.8 Å². The molecule has 1 heteroatoms. The Morgan fingerprint density at radius 2 is 0.984 bits per heavy atom. The second-order valence-corrected chi connectivity index (χ2v) is 20.5. The lowest BCUT2D eigenvalue weighted by molar-refractivity contribution is -0.0193. The highest BCUT2D eigenvalue weighted by Gasteiger charge is 2.76. The maximum atomic E-state index is 2.61. The second kappa shape index (κ2) is 12.8. The number of anilines is 3. The molecule has 4 saturated carbocycles. The number of benzene rings is 8. The monoisotopic (exact) mass is 809 g/mol. The number of hydrogen-bond donors (Lipinski definition) is 0. The fraction of sp³-hybridized carbons (Fsp3) is 0.226. The van der Waals surface area contributed by atoms with Gasteiger partial charge < -0.3 is 4.90 Å². The zero-order valence-corrected chi connectivity index (χ0v) is 36.2. The molecule has 14 rings (SSSR count). The Balaban J connectivity index is 0.916. The highest BCUT2D eigenvalue weighted by atomic mass is 15.1. The van der Waals surface area contributed by atoms with Gasteiger partial charge in [-0.15, -0.1) is 0 Å². The zero-order chi connectivity index (χ0) is 41.7. The van der Waals surface area contributed by atoms with Gasteiger partial charge in [0.2, 0.25) is 0 Å². The molecule has 0 heterocycles. The summed E-state index contributed by atoms with van der Waals surface area (Å²) in [7, 11) is 0. The smallest absolute Gasteiger partial charge is 0.0543 e. The average molecular weight is 810 g/mol. The third-order valence-electron chi connectivity index (χ3n) is 17.6. The molecule has 8 aromatic rings. The van der Waals surface area contributed by atoms with E-state index in [2.05, 4.69) is 207 Å². The molecule has 4 fully saturated rings. The molecule has 63 heavy (non-hydrogen) atoms. The van der Waals surface area contributed by atoms with E-state index in [1.54, 1.807) is 11.1 Å². The van der Waals surface area contributed by atoms with E-state index in [1.807, 2.05) is 0 Å². The summed E-state index contributed by atoms with van der Waals surface area (Å²) < 4.78 is 0. The summed E-state index contributed by atoms with van der Waals surface area (Å²) in [5, 5.41) is 0. The van der Waals surface area contributed by atoms with Gasteiger partial charge in [-0.3, -0.25) is 0 Å². The van der Waals surface area contributed by atoms with Crippen molar-refractivity contribution in [3.05, 3.63) is 210 Å². The Bertz CT molecular complexity index is 3060. The van der Waals surface area contributed by atoms with Crippen LogP contribution in [0.2, 0.25) is 0 Å². The largest absolute Gasteiger partial charge is 0.310 e. The molecular weight excluding hydrogens is 759 g/mol. The Kier molecular flexibility index (Phi) is 7.35. The predicted octanol–water partition coefficient (Wildman–Crippen LogP) is 16.2. The van der Waals surface area contributed by atoms with Gasteiger partial charge in [0, 0.05) is 27.8 Å². The first-order chi connectivity index (χ1) is 30.9. The molecule has 6 atom stereocenters. The molecule has 0 radical (unpaired) electrons. The summed E-state index contributed by atoms with van der Waals surface area (Å²) in [6, 6.07) is 71.2. The lowest BCUT2D eigenvalue weighted by Gasteiger charge is -2.54. The van der Waals surface area contributed by atoms with Gasteiger partial charge in [-0.05, 0) is 170 Å². The van der Waals surface area contributed by atoms with Crippen molar-refractivity contribution >= 4 is 17.1 Å². The summed E-state index contributed by atoms with van der Waals surface area (Å²) in [5.41, 5.74) is 23.5. The highest BCUT2D eigenvalue weighted by molar-refractivity contribution is 5.98. The van der Waals surface area contributed by atoms with Gasteiger partial charge in [0.25, 0.3) is 0 Å². The normalized spacial score (nSPS) is 25.6. The average Bonchev–Trinajstić information content (AvgIpc) is 3.89. The third-order valence-corrected chi connectivity index (χ3v) is 17.6. The van der Waals surface area contributed by atoms with Crippen LogP contribution in [0.5, 0.6) is 0 Å². The standard InChI is InChI=1S/C62H51N/c1-60(2)55-21-12-22-56(63(47-28-23-42(24-29-47)40-13-5-3-6-14-40)48-30-25-43(26-31-48)41-15-7-4-8-16-41)58(55)51-19-11-18-49(59(51)60)44-27-32-54-52(35-44)50-17-9-10-20-53(50)62(54)46-34-39-33-45-36-57(62)61(45,37-39)38-46/h3-32,35,39,45-46,57H,33-34,36-38H2,1-2H3. The van der Waals surface area contributed by atoms with E-state index in [0.29, 0.717) is 5.41 Å². The molecule has 0 N–H and O–H groups in total. The molecule has 3 bridgehead atoms. The maximum absolute atomic E-state index is 2.61. The van der Waals surface area contributed by atoms with Gasteiger partial charge >= 0.3 is 0 Å². The van der Waals surface area contributed by atoms with Gasteiger partial charge in [-0.2, -0.15) is 0 Å². The number of rotatable bonds is 6. The molecule has 6 unspecified atom stereocenters. The fourth-order valence-corrected chi connectivity index (χ4v) is 15.3. The van der Waals surface area contributed by atoms with Gasteiger partial charge in [-0.25, -0.2) is 0 Å². The van der Waals surface area contributed by atoms with E-state index >= 15 is 0 Å². The third kappa shape index (κ3) is 4.73. The van der Waals surface area contributed by atoms with Crippen LogP contribution >= 0.6 is 0 Å². The summed E-state index contributed by atoms with van der Waals surface area (Å²) in [5.74, 6) is 3.52. The van der Waals surface area contributed by atoms with Crippen molar-refractivity contribution in [2.24, 2.45) is 29.1 Å². The molecule has 0 aromatic heterocycles. The van der Waals surface area contributed by atoms with Crippen molar-refractivity contribution in [3.8, 4) is 55.6 Å². The quantitative estimate of drug-likeness (QED) is 0.162. The maximum Gasteiger partial charge on any atom is 0.0543 e. The van der Waals surface area contributed by atoms with Gasteiger partial charge in [0.15, 0.2) is 0 Å². The zero-order valence-electron chi connectivity index (χ0n) is 36.2. The highest BCUT2D eigenvalue weighted by Crippen LogP contribution is 2.83. The van der Waals surface area contributed by atoms with E-state index in [1.165, 1.54) is 105 Å². The fourth-order valence-electron chi connectivity index (χ4n) is 15.3. The SMILES string of the molecule is CC1(C)c2cccc(N(c3ccc(-c4ccccc4)cc3)c3ccc(-c4ccccc4)cc3)c2-c2cccc(-c3ccc4c(c3)-c3ccccc3C43C4CC5CC6CC3C6(C5)C4)c21. The van der Waals surface area contributed by atoms with E-state index in [4.69, 9.17) is 0 Å². The van der Waals surface area contributed by atoms with Crippen LogP contribution in [0.3, 0.4) is 0 Å². The lowest BCUT2D eigenvalue weighted by atomic mass is 9.49. The first-order valence-corrected chi connectivity index (χ1v) is 23.6. The van der Waals surface area contributed by atoms with Gasteiger partial charge in [-0.1, -0.05) is 166 Å². The van der Waals surface area contributed by atoms with Gasteiger partial charge in [0.1, 0.15) is 0 Å². The van der Waals surface area contributed by atoms with Crippen LogP contribution in [-0.4, -0.2) is 0 Å². The van der Waals surface area contributed by atoms with Crippen molar-refractivity contribution in [1.82, 2.24) is 0 Å².